The van der Waals surface area contributed by atoms with E-state index in [1.165, 1.54) is 27.9 Å². The van der Waals surface area contributed by atoms with Gasteiger partial charge in [-0.15, -0.1) is 0 Å². The lowest BCUT2D eigenvalue weighted by molar-refractivity contribution is 0.201. The lowest BCUT2D eigenvalue weighted by Gasteiger charge is -2.22. The smallest absolute Gasteiger partial charge is 0.411 e. The lowest BCUT2D eigenvalue weighted by Crippen LogP contribution is -2.30. The summed E-state index contributed by atoms with van der Waals surface area (Å²) < 4.78 is 28.1. The fourth-order valence-electron chi connectivity index (χ4n) is 3.22. The minimum atomic E-state index is -1.05. The van der Waals surface area contributed by atoms with Crippen LogP contribution in [0, 0.1) is 18.6 Å². The standard InChI is InChI=1S/C22H21F2N3O3/c1-3-10-26(22(29)30)20-6-4-5-15(14(20)2)12-19-21(28)9-11-27(25-19)16-7-8-17(23)18(24)13-16/h4-9,11,13H,3,10,12H2,1-2H3,(H,29,30). The SMILES string of the molecule is CCCN(C(=O)O)c1cccc(Cc2nn(-c3ccc(F)c(F)c3)ccc2=O)c1C. The van der Waals surface area contributed by atoms with Gasteiger partial charge in [-0.05, 0) is 42.7 Å². The Hall–Kier alpha value is -3.55. The summed E-state index contributed by atoms with van der Waals surface area (Å²) in [5.74, 6) is -1.98. The third-order valence-corrected chi connectivity index (χ3v) is 4.79. The fourth-order valence-corrected chi connectivity index (χ4v) is 3.22. The highest BCUT2D eigenvalue weighted by Gasteiger charge is 2.18. The topological polar surface area (TPSA) is 75.4 Å². The average molecular weight is 413 g/mol. The van der Waals surface area contributed by atoms with E-state index in [2.05, 4.69) is 5.10 Å². The molecule has 1 amide bonds. The molecule has 1 aromatic heterocycles. The van der Waals surface area contributed by atoms with Crippen molar-refractivity contribution in [3.05, 3.63) is 87.3 Å². The minimum Gasteiger partial charge on any atom is -0.465 e. The molecule has 0 saturated heterocycles. The van der Waals surface area contributed by atoms with Crippen molar-refractivity contribution in [3.63, 3.8) is 0 Å². The molecule has 0 bridgehead atoms. The molecule has 0 fully saturated rings. The van der Waals surface area contributed by atoms with Crippen LogP contribution in [0.3, 0.4) is 0 Å². The third kappa shape index (κ3) is 4.37. The second-order valence-corrected chi connectivity index (χ2v) is 6.84. The minimum absolute atomic E-state index is 0.169. The van der Waals surface area contributed by atoms with E-state index < -0.39 is 17.7 Å². The van der Waals surface area contributed by atoms with Gasteiger partial charge in [-0.2, -0.15) is 5.10 Å². The Bertz CT molecular complexity index is 1140. The molecule has 0 unspecified atom stereocenters. The van der Waals surface area contributed by atoms with Crippen LogP contribution in [0.25, 0.3) is 5.69 Å². The van der Waals surface area contributed by atoms with Gasteiger partial charge in [0.15, 0.2) is 11.6 Å². The number of nitrogens with zero attached hydrogens (tertiary/aromatic N) is 3. The van der Waals surface area contributed by atoms with Crippen LogP contribution in [0.1, 0.15) is 30.2 Å². The lowest BCUT2D eigenvalue weighted by atomic mass is 10.0. The predicted molar refractivity (Wildman–Crippen MR) is 109 cm³/mol. The number of amides is 1. The molecule has 0 aliphatic rings. The molecule has 6 nitrogen and oxygen atoms in total. The van der Waals surface area contributed by atoms with E-state index in [1.54, 1.807) is 25.1 Å². The molecule has 3 aromatic rings. The van der Waals surface area contributed by atoms with Gasteiger partial charge in [0.05, 0.1) is 11.4 Å². The molecule has 30 heavy (non-hydrogen) atoms. The summed E-state index contributed by atoms with van der Waals surface area (Å²) in [6.45, 7) is 4.04. The second kappa shape index (κ2) is 8.86. The van der Waals surface area contributed by atoms with E-state index in [4.69, 9.17) is 0 Å². The summed E-state index contributed by atoms with van der Waals surface area (Å²) in [6.07, 6.45) is 1.17. The second-order valence-electron chi connectivity index (χ2n) is 6.84. The summed E-state index contributed by atoms with van der Waals surface area (Å²) in [5, 5.41) is 13.8. The summed E-state index contributed by atoms with van der Waals surface area (Å²) >= 11 is 0. The Kier molecular flexibility index (Phi) is 6.25. The van der Waals surface area contributed by atoms with Crippen LogP contribution in [-0.2, 0) is 6.42 Å². The Labute approximate surface area is 172 Å². The maximum Gasteiger partial charge on any atom is 0.411 e. The third-order valence-electron chi connectivity index (χ3n) is 4.79. The molecule has 0 saturated carbocycles. The Balaban J connectivity index is 1.98. The van der Waals surface area contributed by atoms with Gasteiger partial charge in [0, 0.05) is 31.3 Å². The van der Waals surface area contributed by atoms with Gasteiger partial charge < -0.3 is 5.11 Å². The number of hydrogen-bond acceptors (Lipinski definition) is 3. The number of aromatic nitrogens is 2. The van der Waals surface area contributed by atoms with Crippen molar-refractivity contribution in [2.75, 3.05) is 11.4 Å². The molecule has 0 atom stereocenters. The van der Waals surface area contributed by atoms with Gasteiger partial charge in [0.1, 0.15) is 5.69 Å². The van der Waals surface area contributed by atoms with Crippen molar-refractivity contribution >= 4 is 11.8 Å². The number of halogens is 2. The molecule has 0 aliphatic carbocycles. The van der Waals surface area contributed by atoms with Crippen LogP contribution in [0.2, 0.25) is 0 Å². The molecular formula is C22H21F2N3O3. The van der Waals surface area contributed by atoms with Crippen molar-refractivity contribution in [3.8, 4) is 5.69 Å². The maximum atomic E-state index is 13.6. The quantitative estimate of drug-likeness (QED) is 0.654. The number of benzene rings is 2. The van der Waals surface area contributed by atoms with Crippen molar-refractivity contribution in [1.82, 2.24) is 9.78 Å². The first-order valence-corrected chi connectivity index (χ1v) is 9.45. The van der Waals surface area contributed by atoms with Crippen LogP contribution < -0.4 is 10.3 Å². The van der Waals surface area contributed by atoms with Crippen LogP contribution in [0.5, 0.6) is 0 Å². The van der Waals surface area contributed by atoms with Gasteiger partial charge >= 0.3 is 6.09 Å². The molecule has 0 aliphatic heterocycles. The number of hydrogen-bond donors (Lipinski definition) is 1. The zero-order chi connectivity index (χ0) is 21.8. The summed E-state index contributed by atoms with van der Waals surface area (Å²) in [6, 6.07) is 9.93. The van der Waals surface area contributed by atoms with Crippen molar-refractivity contribution < 1.29 is 18.7 Å². The van der Waals surface area contributed by atoms with Crippen molar-refractivity contribution in [2.24, 2.45) is 0 Å². The normalized spacial score (nSPS) is 10.8. The van der Waals surface area contributed by atoms with Gasteiger partial charge in [-0.25, -0.2) is 18.3 Å². The van der Waals surface area contributed by atoms with E-state index in [-0.39, 0.29) is 23.2 Å². The fraction of sp³-hybridized carbons (Fsp3) is 0.227. The molecule has 156 valence electrons. The molecule has 0 radical (unpaired) electrons. The number of carbonyl (C=O) groups is 1. The van der Waals surface area contributed by atoms with Crippen LogP contribution >= 0.6 is 0 Å². The first-order chi connectivity index (χ1) is 14.3. The molecule has 3 rings (SSSR count). The number of rotatable bonds is 6. The van der Waals surface area contributed by atoms with Gasteiger partial charge in [-0.1, -0.05) is 19.1 Å². The highest BCUT2D eigenvalue weighted by atomic mass is 19.2. The first-order valence-electron chi connectivity index (χ1n) is 9.45. The monoisotopic (exact) mass is 413 g/mol. The highest BCUT2D eigenvalue weighted by molar-refractivity contribution is 5.87. The Morgan fingerprint density at radius 2 is 1.93 bits per heavy atom. The number of carboxylic acid groups (broad SMARTS) is 1. The van der Waals surface area contributed by atoms with E-state index in [9.17, 15) is 23.5 Å². The maximum absolute atomic E-state index is 13.6. The van der Waals surface area contributed by atoms with E-state index in [1.807, 2.05) is 6.92 Å². The van der Waals surface area contributed by atoms with Crippen LogP contribution in [-0.4, -0.2) is 27.5 Å². The van der Waals surface area contributed by atoms with Crippen molar-refractivity contribution in [2.45, 2.75) is 26.7 Å². The zero-order valence-electron chi connectivity index (χ0n) is 16.6. The first kappa shape index (κ1) is 21.2. The van der Waals surface area contributed by atoms with Gasteiger partial charge in [-0.3, -0.25) is 9.69 Å². The van der Waals surface area contributed by atoms with Crippen LogP contribution in [0.4, 0.5) is 19.3 Å². The summed E-state index contributed by atoms with van der Waals surface area (Å²) in [5.41, 5.74) is 2.22. The van der Waals surface area contributed by atoms with Crippen molar-refractivity contribution in [1.29, 1.82) is 0 Å². The zero-order valence-corrected chi connectivity index (χ0v) is 16.6. The van der Waals surface area contributed by atoms with E-state index >= 15 is 0 Å². The largest absolute Gasteiger partial charge is 0.465 e. The van der Waals surface area contributed by atoms with Crippen LogP contribution in [0.15, 0.2) is 53.5 Å². The van der Waals surface area contributed by atoms with Gasteiger partial charge in [0.25, 0.3) is 0 Å². The molecule has 1 N–H and O–H groups in total. The van der Waals surface area contributed by atoms with E-state index in [0.29, 0.717) is 18.7 Å². The molecule has 0 spiro atoms. The predicted octanol–water partition coefficient (Wildman–Crippen LogP) is 4.30. The number of anilines is 1. The Morgan fingerprint density at radius 1 is 1.17 bits per heavy atom. The summed E-state index contributed by atoms with van der Waals surface area (Å²) in [7, 11) is 0. The molecule has 1 heterocycles. The Morgan fingerprint density at radius 3 is 2.60 bits per heavy atom. The molecule has 2 aromatic carbocycles. The van der Waals surface area contributed by atoms with E-state index in [0.717, 1.165) is 23.3 Å². The molecule has 8 heteroatoms. The highest BCUT2D eigenvalue weighted by Crippen LogP contribution is 2.25. The average Bonchev–Trinajstić information content (AvgIpc) is 2.71. The van der Waals surface area contributed by atoms with Gasteiger partial charge in [0.2, 0.25) is 5.43 Å². The summed E-state index contributed by atoms with van der Waals surface area (Å²) in [4.78, 5) is 25.3. The molecular weight excluding hydrogens is 392 g/mol.